The second-order valence-electron chi connectivity index (χ2n) is 8.64. The van der Waals surface area contributed by atoms with Gasteiger partial charge in [0.25, 0.3) is 5.91 Å². The minimum atomic E-state index is -0.218. The molecule has 0 radical (unpaired) electrons. The van der Waals surface area contributed by atoms with E-state index in [0.29, 0.717) is 17.8 Å². The zero-order chi connectivity index (χ0) is 24.1. The highest BCUT2D eigenvalue weighted by Gasteiger charge is 2.26. The van der Waals surface area contributed by atoms with Crippen LogP contribution in [0.2, 0.25) is 0 Å². The number of nitrogens with zero attached hydrogens (tertiary/aromatic N) is 2. The van der Waals surface area contributed by atoms with Crippen LogP contribution in [0.15, 0.2) is 65.7 Å². The van der Waals surface area contributed by atoms with Gasteiger partial charge in [0.05, 0.1) is 5.69 Å². The molecule has 0 unspecified atom stereocenters. The summed E-state index contributed by atoms with van der Waals surface area (Å²) in [6, 6.07) is 19.1. The number of aromatic nitrogens is 1. The van der Waals surface area contributed by atoms with Gasteiger partial charge >= 0.3 is 6.03 Å². The lowest BCUT2D eigenvalue weighted by Gasteiger charge is -2.30. The summed E-state index contributed by atoms with van der Waals surface area (Å²) in [6.45, 7) is 6.58. The SMILES string of the molecule is Cc1cc(C)c2c(n1)SCCN2C(=O)Nc1cccc(C(=O)N[C@@H](C)CCc2ccccc2)c1. The predicted molar refractivity (Wildman–Crippen MR) is 139 cm³/mol. The Morgan fingerprint density at radius 1 is 1.09 bits per heavy atom. The van der Waals surface area contributed by atoms with E-state index < -0.39 is 0 Å². The van der Waals surface area contributed by atoms with Crippen molar-refractivity contribution < 1.29 is 9.59 Å². The van der Waals surface area contributed by atoms with Gasteiger partial charge in [0.15, 0.2) is 0 Å². The first kappa shape index (κ1) is 23.8. The van der Waals surface area contributed by atoms with E-state index in [9.17, 15) is 9.59 Å². The van der Waals surface area contributed by atoms with Crippen molar-refractivity contribution in [3.8, 4) is 0 Å². The van der Waals surface area contributed by atoms with Gasteiger partial charge in [0.1, 0.15) is 5.03 Å². The molecule has 1 aliphatic heterocycles. The van der Waals surface area contributed by atoms with E-state index in [2.05, 4.69) is 27.8 Å². The van der Waals surface area contributed by atoms with Crippen LogP contribution in [0, 0.1) is 13.8 Å². The summed E-state index contributed by atoms with van der Waals surface area (Å²) >= 11 is 1.67. The number of hydrogen-bond donors (Lipinski definition) is 2. The van der Waals surface area contributed by atoms with Crippen molar-refractivity contribution in [3.05, 3.63) is 83.0 Å². The highest BCUT2D eigenvalue weighted by Crippen LogP contribution is 2.36. The molecule has 6 nitrogen and oxygen atoms in total. The van der Waals surface area contributed by atoms with Crippen molar-refractivity contribution in [3.63, 3.8) is 0 Å². The summed E-state index contributed by atoms with van der Waals surface area (Å²) in [4.78, 5) is 32.3. The molecule has 1 aromatic heterocycles. The largest absolute Gasteiger partial charge is 0.350 e. The predicted octanol–water partition coefficient (Wildman–Crippen LogP) is 5.59. The van der Waals surface area contributed by atoms with Crippen LogP contribution >= 0.6 is 11.8 Å². The fourth-order valence-electron chi connectivity index (χ4n) is 4.11. The fourth-order valence-corrected chi connectivity index (χ4v) is 5.19. The molecule has 4 rings (SSSR count). The maximum atomic E-state index is 13.1. The highest BCUT2D eigenvalue weighted by atomic mass is 32.2. The van der Waals surface area contributed by atoms with E-state index in [0.717, 1.165) is 40.6 Å². The van der Waals surface area contributed by atoms with Crippen LogP contribution in [-0.4, -0.2) is 35.3 Å². The third kappa shape index (κ3) is 5.78. The number of carbonyl (C=O) groups is 2. The number of benzene rings is 2. The van der Waals surface area contributed by atoms with Gasteiger partial charge < -0.3 is 10.6 Å². The molecule has 1 atom stereocenters. The zero-order valence-corrected chi connectivity index (χ0v) is 20.6. The first-order valence-electron chi connectivity index (χ1n) is 11.5. The third-order valence-electron chi connectivity index (χ3n) is 5.81. The number of aryl methyl sites for hydroxylation is 3. The molecule has 0 bridgehead atoms. The molecule has 2 heterocycles. The van der Waals surface area contributed by atoms with Crippen molar-refractivity contribution >= 4 is 35.1 Å². The third-order valence-corrected chi connectivity index (χ3v) is 6.76. The van der Waals surface area contributed by atoms with Crippen LogP contribution in [0.3, 0.4) is 0 Å². The molecule has 1 aliphatic rings. The molecule has 3 amide bonds. The molecule has 0 spiro atoms. The molecule has 2 N–H and O–H groups in total. The van der Waals surface area contributed by atoms with Gasteiger partial charge in [-0.05, 0) is 69.0 Å². The Hall–Kier alpha value is -3.32. The number of pyridine rings is 1. The summed E-state index contributed by atoms with van der Waals surface area (Å²) in [5, 5.41) is 6.91. The normalized spacial score (nSPS) is 13.7. The van der Waals surface area contributed by atoms with E-state index in [1.807, 2.05) is 45.0 Å². The average Bonchev–Trinajstić information content (AvgIpc) is 2.83. The standard InChI is InChI=1S/C27H30N4O2S/c1-18-16-20(3)29-26-24(18)31(14-15-34-26)27(33)30-23-11-7-10-22(17-23)25(32)28-19(2)12-13-21-8-5-4-6-9-21/h4-11,16-17,19H,12-15H2,1-3H3,(H,28,32)(H,30,33)/t19-/m0/s1. The lowest BCUT2D eigenvalue weighted by atomic mass is 10.1. The monoisotopic (exact) mass is 474 g/mol. The minimum absolute atomic E-state index is 0.0345. The summed E-state index contributed by atoms with van der Waals surface area (Å²) in [5.41, 5.74) is 5.21. The van der Waals surface area contributed by atoms with Crippen LogP contribution in [0.1, 0.15) is 40.5 Å². The lowest BCUT2D eigenvalue weighted by Crippen LogP contribution is -2.39. The molecule has 3 aromatic rings. The van der Waals surface area contributed by atoms with Crippen molar-refractivity contribution in [1.29, 1.82) is 0 Å². The number of rotatable bonds is 6. The number of amides is 3. The van der Waals surface area contributed by atoms with Crippen molar-refractivity contribution in [2.24, 2.45) is 0 Å². The van der Waals surface area contributed by atoms with E-state index in [4.69, 9.17) is 0 Å². The van der Waals surface area contributed by atoms with E-state index >= 15 is 0 Å². The average molecular weight is 475 g/mol. The smallest absolute Gasteiger partial charge is 0.326 e. The number of thioether (sulfide) groups is 1. The number of carbonyl (C=O) groups excluding carboxylic acids is 2. The van der Waals surface area contributed by atoms with Crippen LogP contribution in [-0.2, 0) is 6.42 Å². The molecule has 0 aliphatic carbocycles. The molecular formula is C27H30N4O2S. The Kier molecular flexibility index (Phi) is 7.53. The lowest BCUT2D eigenvalue weighted by molar-refractivity contribution is 0.0938. The van der Waals surface area contributed by atoms with Gasteiger partial charge in [-0.15, -0.1) is 11.8 Å². The Bertz CT molecular complexity index is 1180. The number of hydrogen-bond acceptors (Lipinski definition) is 4. The van der Waals surface area contributed by atoms with Crippen molar-refractivity contribution in [2.75, 3.05) is 22.5 Å². The van der Waals surface area contributed by atoms with Crippen LogP contribution in [0.4, 0.5) is 16.2 Å². The van der Waals surface area contributed by atoms with Gasteiger partial charge in [-0.3, -0.25) is 9.69 Å². The number of anilines is 2. The van der Waals surface area contributed by atoms with Gasteiger partial charge in [-0.1, -0.05) is 36.4 Å². The quantitative estimate of drug-likeness (QED) is 0.488. The van der Waals surface area contributed by atoms with E-state index in [1.54, 1.807) is 40.9 Å². The van der Waals surface area contributed by atoms with E-state index in [1.165, 1.54) is 5.56 Å². The minimum Gasteiger partial charge on any atom is -0.350 e. The van der Waals surface area contributed by atoms with E-state index in [-0.39, 0.29) is 18.0 Å². The van der Waals surface area contributed by atoms with Crippen molar-refractivity contribution in [1.82, 2.24) is 10.3 Å². The molecular weight excluding hydrogens is 444 g/mol. The first-order chi connectivity index (χ1) is 16.4. The Labute approximate surface area is 205 Å². The number of nitrogens with one attached hydrogen (secondary N) is 2. The first-order valence-corrected chi connectivity index (χ1v) is 12.5. The fraction of sp³-hybridized carbons (Fsp3) is 0.296. The molecule has 0 fully saturated rings. The van der Waals surface area contributed by atoms with Crippen LogP contribution < -0.4 is 15.5 Å². The topological polar surface area (TPSA) is 74.3 Å². The summed E-state index contributed by atoms with van der Waals surface area (Å²) in [6.07, 6.45) is 1.76. The highest BCUT2D eigenvalue weighted by molar-refractivity contribution is 7.99. The second-order valence-corrected chi connectivity index (χ2v) is 9.73. The zero-order valence-electron chi connectivity index (χ0n) is 19.8. The Balaban J connectivity index is 1.39. The molecule has 34 heavy (non-hydrogen) atoms. The Morgan fingerprint density at radius 3 is 2.68 bits per heavy atom. The summed E-state index contributed by atoms with van der Waals surface area (Å²) < 4.78 is 0. The second kappa shape index (κ2) is 10.7. The maximum absolute atomic E-state index is 13.1. The summed E-state index contributed by atoms with van der Waals surface area (Å²) in [5.74, 6) is 0.645. The molecule has 0 saturated heterocycles. The Morgan fingerprint density at radius 2 is 1.88 bits per heavy atom. The van der Waals surface area contributed by atoms with Gasteiger partial charge in [0, 0.05) is 35.3 Å². The molecule has 176 valence electrons. The van der Waals surface area contributed by atoms with Crippen LogP contribution in [0.25, 0.3) is 0 Å². The van der Waals surface area contributed by atoms with Crippen LogP contribution in [0.5, 0.6) is 0 Å². The molecule has 2 aromatic carbocycles. The summed E-state index contributed by atoms with van der Waals surface area (Å²) in [7, 11) is 0. The van der Waals surface area contributed by atoms with Crippen molar-refractivity contribution in [2.45, 2.75) is 44.7 Å². The maximum Gasteiger partial charge on any atom is 0.326 e. The molecule has 7 heteroatoms. The van der Waals surface area contributed by atoms with Gasteiger partial charge in [0.2, 0.25) is 0 Å². The molecule has 0 saturated carbocycles. The van der Waals surface area contributed by atoms with Gasteiger partial charge in [-0.2, -0.15) is 0 Å². The number of urea groups is 1. The number of fused-ring (bicyclic) bond motifs is 1. The van der Waals surface area contributed by atoms with Gasteiger partial charge in [-0.25, -0.2) is 9.78 Å².